The van der Waals surface area contributed by atoms with Gasteiger partial charge in [-0.1, -0.05) is 13.8 Å². The van der Waals surface area contributed by atoms with Gasteiger partial charge in [-0.25, -0.2) is 4.79 Å². The number of carboxylic acid groups (broad SMARTS) is 2. The van der Waals surface area contributed by atoms with E-state index in [4.69, 9.17) is 15.9 Å². The quantitative estimate of drug-likeness (QED) is 0.171. The molecule has 0 aliphatic heterocycles. The molecule has 0 fully saturated rings. The van der Waals surface area contributed by atoms with Gasteiger partial charge in [0.05, 0.1) is 13.2 Å². The van der Waals surface area contributed by atoms with Crippen molar-refractivity contribution in [1.82, 2.24) is 16.0 Å². The predicted molar refractivity (Wildman–Crippen MR) is 95.9 cm³/mol. The number of hydrogen-bond acceptors (Lipinski definition) is 7. The highest BCUT2D eigenvalue weighted by Crippen LogP contribution is 2.06. The van der Waals surface area contributed by atoms with E-state index < -0.39 is 67.4 Å². The van der Waals surface area contributed by atoms with Crippen LogP contribution in [0.25, 0.3) is 0 Å². The number of nitrogens with one attached hydrogen (secondary N) is 3. The van der Waals surface area contributed by atoms with Gasteiger partial charge in [-0.3, -0.25) is 19.2 Å². The fourth-order valence-corrected chi connectivity index (χ4v) is 2.13. The lowest BCUT2D eigenvalue weighted by molar-refractivity contribution is -0.143. The molecule has 8 N–H and O–H groups in total. The summed E-state index contributed by atoms with van der Waals surface area (Å²) in [5.41, 5.74) is 5.28. The second-order valence-corrected chi connectivity index (χ2v) is 6.59. The van der Waals surface area contributed by atoms with Gasteiger partial charge in [0.15, 0.2) is 0 Å². The fraction of sp³-hybridized carbons (Fsp3) is 0.688. The molecule has 0 aliphatic carbocycles. The molecule has 0 aromatic rings. The average Bonchev–Trinajstić information content (AvgIpc) is 2.60. The van der Waals surface area contributed by atoms with E-state index in [-0.39, 0.29) is 18.8 Å². The van der Waals surface area contributed by atoms with Gasteiger partial charge in [0.25, 0.3) is 0 Å². The van der Waals surface area contributed by atoms with Crippen molar-refractivity contribution in [3.05, 3.63) is 0 Å². The molecule has 160 valence electrons. The number of amides is 3. The van der Waals surface area contributed by atoms with Crippen molar-refractivity contribution in [2.75, 3.05) is 13.2 Å². The number of aliphatic carboxylic acids is 2. The molecule has 0 rings (SSSR count). The Morgan fingerprint density at radius 3 is 2.04 bits per heavy atom. The van der Waals surface area contributed by atoms with E-state index in [1.54, 1.807) is 13.8 Å². The maximum absolute atomic E-state index is 12.4. The molecule has 0 aromatic carbocycles. The number of nitrogens with two attached hydrogens (primary N) is 1. The lowest BCUT2D eigenvalue weighted by Crippen LogP contribution is -2.54. The summed E-state index contributed by atoms with van der Waals surface area (Å²) in [5, 5.41) is 33.4. The van der Waals surface area contributed by atoms with E-state index in [0.29, 0.717) is 0 Å². The van der Waals surface area contributed by atoms with E-state index in [0.717, 1.165) is 0 Å². The molecule has 28 heavy (non-hydrogen) atoms. The molecular weight excluding hydrogens is 376 g/mol. The van der Waals surface area contributed by atoms with Gasteiger partial charge < -0.3 is 37.0 Å². The molecular formula is C16H28N4O8. The topological polar surface area (TPSA) is 208 Å². The number of rotatable bonds is 13. The van der Waals surface area contributed by atoms with Gasteiger partial charge in [0.1, 0.15) is 18.1 Å². The van der Waals surface area contributed by atoms with Crippen molar-refractivity contribution >= 4 is 29.7 Å². The van der Waals surface area contributed by atoms with Crippen molar-refractivity contribution in [2.45, 2.75) is 51.2 Å². The van der Waals surface area contributed by atoms with Crippen LogP contribution in [0.5, 0.6) is 0 Å². The van der Waals surface area contributed by atoms with Crippen molar-refractivity contribution in [1.29, 1.82) is 0 Å². The molecule has 0 radical (unpaired) electrons. The summed E-state index contributed by atoms with van der Waals surface area (Å²) in [6, 6.07) is -3.72. The highest BCUT2D eigenvalue weighted by molar-refractivity contribution is 5.92. The van der Waals surface area contributed by atoms with Gasteiger partial charge in [0.2, 0.25) is 17.7 Å². The van der Waals surface area contributed by atoms with Gasteiger partial charge in [-0.2, -0.15) is 0 Å². The lowest BCUT2D eigenvalue weighted by Gasteiger charge is -2.22. The van der Waals surface area contributed by atoms with Gasteiger partial charge >= 0.3 is 11.9 Å². The number of carbonyl (C=O) groups excluding carboxylic acids is 3. The third kappa shape index (κ3) is 10.4. The molecule has 0 heterocycles. The first-order chi connectivity index (χ1) is 13.0. The average molecular weight is 404 g/mol. The van der Waals surface area contributed by atoms with Crippen LogP contribution in [0.2, 0.25) is 0 Å². The van der Waals surface area contributed by atoms with E-state index in [2.05, 4.69) is 16.0 Å². The minimum Gasteiger partial charge on any atom is -0.481 e. The highest BCUT2D eigenvalue weighted by Gasteiger charge is 2.27. The number of hydrogen-bond donors (Lipinski definition) is 7. The van der Waals surface area contributed by atoms with E-state index in [1.807, 2.05) is 0 Å². The summed E-state index contributed by atoms with van der Waals surface area (Å²) in [6.07, 6.45) is -0.567. The fourth-order valence-electron chi connectivity index (χ4n) is 2.13. The minimum atomic E-state index is -1.30. The van der Waals surface area contributed by atoms with Gasteiger partial charge in [0, 0.05) is 6.42 Å². The largest absolute Gasteiger partial charge is 0.481 e. The maximum atomic E-state index is 12.4. The molecule has 0 saturated carbocycles. The van der Waals surface area contributed by atoms with Crippen LogP contribution in [0.3, 0.4) is 0 Å². The Hall–Kier alpha value is -2.73. The monoisotopic (exact) mass is 404 g/mol. The SMILES string of the molecule is CC(C)CC(NC(=O)C(CCC(=O)O)NC(=O)CNC(=O)C(N)CO)C(=O)O. The van der Waals surface area contributed by atoms with Crippen LogP contribution < -0.4 is 21.7 Å². The predicted octanol–water partition coefficient (Wildman–Crippen LogP) is -2.61. The third-order valence-electron chi connectivity index (χ3n) is 3.58. The van der Waals surface area contributed by atoms with Crippen LogP contribution in [0.15, 0.2) is 0 Å². The van der Waals surface area contributed by atoms with E-state index in [1.165, 1.54) is 0 Å². The van der Waals surface area contributed by atoms with E-state index >= 15 is 0 Å². The smallest absolute Gasteiger partial charge is 0.326 e. The Morgan fingerprint density at radius 2 is 1.57 bits per heavy atom. The summed E-state index contributed by atoms with van der Waals surface area (Å²) in [7, 11) is 0. The highest BCUT2D eigenvalue weighted by atomic mass is 16.4. The maximum Gasteiger partial charge on any atom is 0.326 e. The Labute approximate surface area is 161 Å². The molecule has 0 aliphatic rings. The molecule has 3 amide bonds. The summed E-state index contributed by atoms with van der Waals surface area (Å²) >= 11 is 0. The molecule has 3 unspecified atom stereocenters. The number of aliphatic hydroxyl groups excluding tert-OH is 1. The molecule has 3 atom stereocenters. The zero-order valence-electron chi connectivity index (χ0n) is 15.8. The summed E-state index contributed by atoms with van der Waals surface area (Å²) in [6.45, 7) is 2.36. The summed E-state index contributed by atoms with van der Waals surface area (Å²) in [5.74, 6) is -4.92. The van der Waals surface area contributed by atoms with Crippen LogP contribution in [-0.4, -0.2) is 76.3 Å². The Morgan fingerprint density at radius 1 is 0.964 bits per heavy atom. The van der Waals surface area contributed by atoms with Crippen LogP contribution in [0.1, 0.15) is 33.1 Å². The second kappa shape index (κ2) is 12.6. The summed E-state index contributed by atoms with van der Waals surface area (Å²) in [4.78, 5) is 57.8. The molecule has 0 saturated heterocycles. The minimum absolute atomic E-state index is 0.0283. The van der Waals surface area contributed by atoms with Crippen molar-refractivity contribution in [3.63, 3.8) is 0 Å². The molecule has 0 bridgehead atoms. The number of carbonyl (C=O) groups is 5. The van der Waals surface area contributed by atoms with Crippen LogP contribution >= 0.6 is 0 Å². The Balaban J connectivity index is 4.97. The lowest BCUT2D eigenvalue weighted by atomic mass is 10.0. The Bertz CT molecular complexity index is 581. The van der Waals surface area contributed by atoms with Crippen molar-refractivity contribution < 1.29 is 39.3 Å². The zero-order chi connectivity index (χ0) is 21.9. The zero-order valence-corrected chi connectivity index (χ0v) is 15.8. The van der Waals surface area contributed by atoms with Crippen molar-refractivity contribution in [3.8, 4) is 0 Å². The first-order valence-corrected chi connectivity index (χ1v) is 8.66. The standard InChI is InChI=1S/C16H28N4O8/c1-8(2)5-11(16(27)28)20-15(26)10(3-4-13(23)24)19-12(22)6-18-14(25)9(17)7-21/h8-11,21H,3-7,17H2,1-2H3,(H,18,25)(H,19,22)(H,20,26)(H,23,24)(H,27,28). The number of aliphatic hydroxyl groups is 1. The molecule has 12 heteroatoms. The van der Waals surface area contributed by atoms with Crippen LogP contribution in [0.4, 0.5) is 0 Å². The Kier molecular flexibility index (Phi) is 11.4. The second-order valence-electron chi connectivity index (χ2n) is 6.59. The first-order valence-electron chi connectivity index (χ1n) is 8.66. The number of carboxylic acids is 2. The van der Waals surface area contributed by atoms with Crippen LogP contribution in [-0.2, 0) is 24.0 Å². The third-order valence-corrected chi connectivity index (χ3v) is 3.58. The van der Waals surface area contributed by atoms with Crippen LogP contribution in [0, 0.1) is 5.92 Å². The van der Waals surface area contributed by atoms with Gasteiger partial charge in [-0.05, 0) is 18.8 Å². The normalized spacial score (nSPS) is 13.9. The molecule has 0 spiro atoms. The van der Waals surface area contributed by atoms with E-state index in [9.17, 15) is 29.1 Å². The van der Waals surface area contributed by atoms with Gasteiger partial charge in [-0.15, -0.1) is 0 Å². The summed E-state index contributed by atoms with van der Waals surface area (Å²) < 4.78 is 0. The first kappa shape index (κ1) is 25.3. The van der Waals surface area contributed by atoms with Crippen molar-refractivity contribution in [2.24, 2.45) is 11.7 Å². The molecule has 12 nitrogen and oxygen atoms in total. The molecule has 0 aromatic heterocycles.